The van der Waals surface area contributed by atoms with E-state index in [1.807, 2.05) is 27.7 Å². The van der Waals surface area contributed by atoms with Gasteiger partial charge >= 0.3 is 5.97 Å². The highest BCUT2D eigenvalue weighted by molar-refractivity contribution is 5.80. The molecule has 2 unspecified atom stereocenters. The van der Waals surface area contributed by atoms with E-state index in [2.05, 4.69) is 12.2 Å². The van der Waals surface area contributed by atoms with Gasteiger partial charge in [0.15, 0.2) is 0 Å². The van der Waals surface area contributed by atoms with E-state index in [9.17, 15) is 4.79 Å². The number of likely N-dealkylation sites (N-methyl/N-ethyl adjacent to an activating group) is 1. The minimum absolute atomic E-state index is 0.0336. The van der Waals surface area contributed by atoms with Gasteiger partial charge in [0.05, 0.1) is 25.9 Å². The Bertz CT molecular complexity index is 260. The second-order valence-electron chi connectivity index (χ2n) is 5.08. The van der Waals surface area contributed by atoms with Gasteiger partial charge in [-0.25, -0.2) is 0 Å². The number of nitrogens with one attached hydrogen (secondary N) is 1. The molecule has 0 fully saturated rings. The van der Waals surface area contributed by atoms with Gasteiger partial charge < -0.3 is 19.5 Å². The summed E-state index contributed by atoms with van der Waals surface area (Å²) in [5, 5.41) is 3.20. The molecule has 0 heterocycles. The number of carbonyl (C=O) groups is 1. The van der Waals surface area contributed by atoms with Crippen LogP contribution in [0.1, 0.15) is 47.5 Å². The minimum Gasteiger partial charge on any atom is -0.465 e. The maximum absolute atomic E-state index is 12.0. The minimum atomic E-state index is -0.700. The summed E-state index contributed by atoms with van der Waals surface area (Å²) in [5.41, 5.74) is -0.700. The highest BCUT2D eigenvalue weighted by atomic mass is 16.5. The lowest BCUT2D eigenvalue weighted by Crippen LogP contribution is -2.52. The van der Waals surface area contributed by atoms with E-state index in [0.717, 1.165) is 13.0 Å². The first kappa shape index (κ1) is 19.4. The average Bonchev–Trinajstić information content (AvgIpc) is 2.39. The van der Waals surface area contributed by atoms with Gasteiger partial charge in [0.25, 0.3) is 0 Å². The Morgan fingerprint density at radius 1 is 1.20 bits per heavy atom. The molecular formula is C15H31NO4. The average molecular weight is 289 g/mol. The highest BCUT2D eigenvalue weighted by Crippen LogP contribution is 2.16. The summed E-state index contributed by atoms with van der Waals surface area (Å²) in [6, 6.07) is 0. The molecule has 20 heavy (non-hydrogen) atoms. The van der Waals surface area contributed by atoms with Crippen molar-refractivity contribution in [2.24, 2.45) is 0 Å². The Morgan fingerprint density at radius 2 is 1.90 bits per heavy atom. The zero-order valence-corrected chi connectivity index (χ0v) is 13.7. The number of hydrogen-bond acceptors (Lipinski definition) is 5. The van der Waals surface area contributed by atoms with Gasteiger partial charge in [-0.05, 0) is 33.7 Å². The molecule has 0 aromatic rings. The Balaban J connectivity index is 4.18. The van der Waals surface area contributed by atoms with E-state index >= 15 is 0 Å². The highest BCUT2D eigenvalue weighted by Gasteiger charge is 2.35. The van der Waals surface area contributed by atoms with Crippen LogP contribution in [0.15, 0.2) is 0 Å². The summed E-state index contributed by atoms with van der Waals surface area (Å²) >= 11 is 0. The van der Waals surface area contributed by atoms with Crippen LogP contribution >= 0.6 is 0 Å². The molecule has 2 atom stereocenters. The Hall–Kier alpha value is -0.650. The van der Waals surface area contributed by atoms with E-state index < -0.39 is 5.54 Å². The molecule has 0 saturated carbocycles. The van der Waals surface area contributed by atoms with Gasteiger partial charge in [-0.15, -0.1) is 0 Å². The number of carbonyl (C=O) groups excluding carboxylic acids is 1. The summed E-state index contributed by atoms with van der Waals surface area (Å²) in [7, 11) is 0. The molecule has 5 heteroatoms. The van der Waals surface area contributed by atoms with Gasteiger partial charge in [-0.1, -0.05) is 13.8 Å². The SMILES string of the molecule is CCCOCCOC(C)CC(C)(NCC)C(=O)OCC. The lowest BCUT2D eigenvalue weighted by Gasteiger charge is -2.30. The van der Waals surface area contributed by atoms with Gasteiger partial charge in [0.2, 0.25) is 0 Å². The fourth-order valence-electron chi connectivity index (χ4n) is 2.10. The fraction of sp³-hybridized carbons (Fsp3) is 0.933. The van der Waals surface area contributed by atoms with E-state index in [1.54, 1.807) is 0 Å². The summed E-state index contributed by atoms with van der Waals surface area (Å²) in [6.45, 7) is 12.7. The van der Waals surface area contributed by atoms with Gasteiger partial charge in [0, 0.05) is 13.0 Å². The van der Waals surface area contributed by atoms with Crippen molar-refractivity contribution < 1.29 is 19.0 Å². The quantitative estimate of drug-likeness (QED) is 0.440. The van der Waals surface area contributed by atoms with Crippen LogP contribution in [0.3, 0.4) is 0 Å². The molecule has 0 radical (unpaired) electrons. The van der Waals surface area contributed by atoms with Crippen LogP contribution in [0.4, 0.5) is 0 Å². The Kier molecular flexibility index (Phi) is 10.7. The summed E-state index contributed by atoms with van der Waals surface area (Å²) in [6.07, 6.45) is 1.55. The number of rotatable bonds is 12. The zero-order chi connectivity index (χ0) is 15.4. The first-order chi connectivity index (χ1) is 9.50. The maximum atomic E-state index is 12.0. The molecule has 0 aliphatic rings. The standard InChI is InChI=1S/C15H31NO4/c1-6-9-18-10-11-20-13(4)12-15(5,16-7-2)14(17)19-8-3/h13,16H,6-12H2,1-5H3. The van der Waals surface area contributed by atoms with Crippen molar-refractivity contribution in [3.05, 3.63) is 0 Å². The largest absolute Gasteiger partial charge is 0.465 e. The van der Waals surface area contributed by atoms with Gasteiger partial charge in [0.1, 0.15) is 5.54 Å². The number of esters is 1. The van der Waals surface area contributed by atoms with Crippen molar-refractivity contribution in [2.75, 3.05) is 33.0 Å². The molecule has 0 rings (SSSR count). The predicted molar refractivity (Wildman–Crippen MR) is 79.9 cm³/mol. The van der Waals surface area contributed by atoms with Crippen molar-refractivity contribution in [1.29, 1.82) is 0 Å². The summed E-state index contributed by atoms with van der Waals surface area (Å²) in [5.74, 6) is -0.223. The van der Waals surface area contributed by atoms with Crippen molar-refractivity contribution in [3.63, 3.8) is 0 Å². The molecule has 0 spiro atoms. The van der Waals surface area contributed by atoms with Crippen LogP contribution in [0.2, 0.25) is 0 Å². The van der Waals surface area contributed by atoms with Crippen molar-refractivity contribution in [1.82, 2.24) is 5.32 Å². The first-order valence-corrected chi connectivity index (χ1v) is 7.61. The Morgan fingerprint density at radius 3 is 2.45 bits per heavy atom. The van der Waals surface area contributed by atoms with Crippen LogP contribution in [-0.4, -0.2) is 50.6 Å². The van der Waals surface area contributed by atoms with E-state index in [-0.39, 0.29) is 12.1 Å². The zero-order valence-electron chi connectivity index (χ0n) is 13.7. The lowest BCUT2D eigenvalue weighted by atomic mass is 9.94. The van der Waals surface area contributed by atoms with Crippen LogP contribution in [0.5, 0.6) is 0 Å². The van der Waals surface area contributed by atoms with Crippen LogP contribution < -0.4 is 5.32 Å². The Labute approximate surface area is 123 Å². The molecule has 0 aliphatic carbocycles. The number of ether oxygens (including phenoxy) is 3. The molecule has 0 amide bonds. The third-order valence-corrected chi connectivity index (χ3v) is 2.97. The van der Waals surface area contributed by atoms with Gasteiger partial charge in [-0.2, -0.15) is 0 Å². The maximum Gasteiger partial charge on any atom is 0.326 e. The van der Waals surface area contributed by atoms with Crippen LogP contribution in [0, 0.1) is 0 Å². The van der Waals surface area contributed by atoms with Crippen molar-refractivity contribution in [3.8, 4) is 0 Å². The third kappa shape index (κ3) is 7.82. The van der Waals surface area contributed by atoms with E-state index in [4.69, 9.17) is 14.2 Å². The topological polar surface area (TPSA) is 56.8 Å². The second kappa shape index (κ2) is 11.1. The molecule has 120 valence electrons. The molecule has 0 aromatic carbocycles. The molecule has 1 N–H and O–H groups in total. The van der Waals surface area contributed by atoms with Gasteiger partial charge in [-0.3, -0.25) is 4.79 Å². The molecule has 0 aliphatic heterocycles. The summed E-state index contributed by atoms with van der Waals surface area (Å²) in [4.78, 5) is 12.0. The van der Waals surface area contributed by atoms with E-state index in [1.165, 1.54) is 0 Å². The van der Waals surface area contributed by atoms with Crippen LogP contribution in [0.25, 0.3) is 0 Å². The lowest BCUT2D eigenvalue weighted by molar-refractivity contribution is -0.152. The molecule has 5 nitrogen and oxygen atoms in total. The smallest absolute Gasteiger partial charge is 0.326 e. The molecular weight excluding hydrogens is 258 g/mol. The molecule has 0 saturated heterocycles. The van der Waals surface area contributed by atoms with Crippen molar-refractivity contribution >= 4 is 5.97 Å². The first-order valence-electron chi connectivity index (χ1n) is 7.61. The van der Waals surface area contributed by atoms with Crippen LogP contribution in [-0.2, 0) is 19.0 Å². The third-order valence-electron chi connectivity index (χ3n) is 2.97. The van der Waals surface area contributed by atoms with E-state index in [0.29, 0.717) is 32.8 Å². The normalized spacial score (nSPS) is 15.7. The fourth-order valence-corrected chi connectivity index (χ4v) is 2.10. The summed E-state index contributed by atoms with van der Waals surface area (Å²) < 4.78 is 16.2. The number of hydrogen-bond donors (Lipinski definition) is 1. The predicted octanol–water partition coefficient (Wildman–Crippen LogP) is 2.14. The molecule has 0 aromatic heterocycles. The molecule has 0 bridgehead atoms. The van der Waals surface area contributed by atoms with Crippen molar-refractivity contribution in [2.45, 2.75) is 59.1 Å². The monoisotopic (exact) mass is 289 g/mol. The second-order valence-corrected chi connectivity index (χ2v) is 5.08.